The van der Waals surface area contributed by atoms with E-state index in [1.807, 2.05) is 13.0 Å². The molecule has 0 spiro atoms. The maximum absolute atomic E-state index is 10.3. The first-order valence-electron chi connectivity index (χ1n) is 8.30. The van der Waals surface area contributed by atoms with Crippen LogP contribution in [0.2, 0.25) is 0 Å². The molecule has 4 heteroatoms. The van der Waals surface area contributed by atoms with E-state index in [1.165, 1.54) is 0 Å². The van der Waals surface area contributed by atoms with Crippen LogP contribution in [0.3, 0.4) is 0 Å². The van der Waals surface area contributed by atoms with E-state index in [-0.39, 0.29) is 36.4 Å². The van der Waals surface area contributed by atoms with E-state index < -0.39 is 6.10 Å². The lowest BCUT2D eigenvalue weighted by atomic mass is 9.83. The monoisotopic (exact) mass is 298 g/mol. The molecule has 0 amide bonds. The highest BCUT2D eigenvalue weighted by molar-refractivity contribution is 4.95. The molecule has 1 saturated heterocycles. The van der Waals surface area contributed by atoms with Gasteiger partial charge in [0.25, 0.3) is 0 Å². The molecule has 122 valence electrons. The second-order valence-electron chi connectivity index (χ2n) is 6.53. The molecule has 21 heavy (non-hydrogen) atoms. The van der Waals surface area contributed by atoms with E-state index in [0.29, 0.717) is 5.92 Å². The molecule has 0 aromatic carbocycles. The van der Waals surface area contributed by atoms with Gasteiger partial charge in [0, 0.05) is 11.8 Å². The van der Waals surface area contributed by atoms with Crippen LogP contribution in [0.15, 0.2) is 12.3 Å². The topological polar surface area (TPSA) is 47.9 Å². The summed E-state index contributed by atoms with van der Waals surface area (Å²) in [5.41, 5.74) is 0. The number of ether oxygens (including phenoxy) is 3. The minimum absolute atomic E-state index is 0.00685. The molecule has 2 aliphatic heterocycles. The van der Waals surface area contributed by atoms with E-state index in [1.54, 1.807) is 6.26 Å². The second kappa shape index (κ2) is 7.12. The summed E-state index contributed by atoms with van der Waals surface area (Å²) < 4.78 is 18.0. The van der Waals surface area contributed by atoms with Gasteiger partial charge in [-0.2, -0.15) is 0 Å². The van der Waals surface area contributed by atoms with Crippen LogP contribution in [0, 0.1) is 17.8 Å². The number of aliphatic hydroxyl groups excluding tert-OH is 1. The first-order valence-corrected chi connectivity index (χ1v) is 8.30. The SMILES string of the molecule is CCC1O[C@@H](O[C@@H]2C(C)C=COC2CC)C(C)C(C)[C@H]1O. The maximum atomic E-state index is 10.3. The van der Waals surface area contributed by atoms with E-state index in [4.69, 9.17) is 14.2 Å². The van der Waals surface area contributed by atoms with E-state index in [0.717, 1.165) is 12.8 Å². The summed E-state index contributed by atoms with van der Waals surface area (Å²) >= 11 is 0. The molecule has 0 aliphatic carbocycles. The molecule has 1 N–H and O–H groups in total. The zero-order valence-corrected chi connectivity index (χ0v) is 13.9. The minimum atomic E-state index is -0.410. The first kappa shape index (κ1) is 16.8. The van der Waals surface area contributed by atoms with Crippen molar-refractivity contribution in [2.24, 2.45) is 17.8 Å². The van der Waals surface area contributed by atoms with Gasteiger partial charge in [0.05, 0.1) is 18.5 Å². The Morgan fingerprint density at radius 1 is 1.05 bits per heavy atom. The minimum Gasteiger partial charge on any atom is -0.496 e. The summed E-state index contributed by atoms with van der Waals surface area (Å²) in [5.74, 6) is 0.643. The Hall–Kier alpha value is -0.580. The highest BCUT2D eigenvalue weighted by atomic mass is 16.7. The maximum Gasteiger partial charge on any atom is 0.161 e. The fraction of sp³-hybridized carbons (Fsp3) is 0.882. The van der Waals surface area contributed by atoms with Crippen molar-refractivity contribution < 1.29 is 19.3 Å². The average molecular weight is 298 g/mol. The van der Waals surface area contributed by atoms with Crippen molar-refractivity contribution in [1.29, 1.82) is 0 Å². The predicted molar refractivity (Wildman–Crippen MR) is 81.6 cm³/mol. The highest BCUT2D eigenvalue weighted by Gasteiger charge is 2.43. The number of hydrogen-bond donors (Lipinski definition) is 1. The van der Waals surface area contributed by atoms with Crippen LogP contribution in [0.25, 0.3) is 0 Å². The van der Waals surface area contributed by atoms with Gasteiger partial charge in [-0.05, 0) is 24.8 Å². The molecule has 0 aromatic rings. The normalized spacial score (nSPS) is 47.1. The van der Waals surface area contributed by atoms with E-state index in [9.17, 15) is 5.11 Å². The van der Waals surface area contributed by atoms with Crippen molar-refractivity contribution in [2.75, 3.05) is 0 Å². The lowest BCUT2D eigenvalue weighted by Crippen LogP contribution is -2.52. The van der Waals surface area contributed by atoms with Crippen LogP contribution in [0.5, 0.6) is 0 Å². The molecule has 5 unspecified atom stereocenters. The first-order chi connectivity index (χ1) is 9.99. The second-order valence-corrected chi connectivity index (χ2v) is 6.53. The van der Waals surface area contributed by atoms with Gasteiger partial charge in [0.2, 0.25) is 0 Å². The summed E-state index contributed by atoms with van der Waals surface area (Å²) in [7, 11) is 0. The van der Waals surface area contributed by atoms with Crippen LogP contribution < -0.4 is 0 Å². The molecule has 2 aliphatic rings. The van der Waals surface area contributed by atoms with Gasteiger partial charge in [0.15, 0.2) is 6.29 Å². The van der Waals surface area contributed by atoms with Crippen molar-refractivity contribution in [2.45, 2.75) is 78.2 Å². The fourth-order valence-electron chi connectivity index (χ4n) is 3.26. The summed E-state index contributed by atoms with van der Waals surface area (Å²) in [6.45, 7) is 10.5. The quantitative estimate of drug-likeness (QED) is 0.866. The van der Waals surface area contributed by atoms with Gasteiger partial charge in [-0.3, -0.25) is 0 Å². The van der Waals surface area contributed by atoms with Crippen LogP contribution in [0.4, 0.5) is 0 Å². The highest BCUT2D eigenvalue weighted by Crippen LogP contribution is 2.35. The molecule has 4 nitrogen and oxygen atoms in total. The standard InChI is InChI=1S/C17H30O4/c1-6-13-15(18)11(4)12(5)17(20-13)21-16-10(3)8-9-19-14(16)7-2/h8-18H,6-7H2,1-5H3/t10?,11?,12?,13?,14?,15-,16-,17+/m1/s1. The van der Waals surface area contributed by atoms with Gasteiger partial charge in [0.1, 0.15) is 12.2 Å². The average Bonchev–Trinajstić information content (AvgIpc) is 2.49. The van der Waals surface area contributed by atoms with Crippen molar-refractivity contribution in [3.63, 3.8) is 0 Å². The molecule has 0 bridgehead atoms. The summed E-state index contributed by atoms with van der Waals surface area (Å²) in [4.78, 5) is 0. The van der Waals surface area contributed by atoms with Crippen molar-refractivity contribution in [3.05, 3.63) is 12.3 Å². The molecule has 2 heterocycles. The number of aliphatic hydroxyl groups is 1. The molecular formula is C17H30O4. The van der Waals surface area contributed by atoms with Gasteiger partial charge in [-0.25, -0.2) is 0 Å². The Kier molecular flexibility index (Phi) is 5.69. The third-order valence-electron chi connectivity index (χ3n) is 5.10. The van der Waals surface area contributed by atoms with Crippen molar-refractivity contribution in [3.8, 4) is 0 Å². The van der Waals surface area contributed by atoms with Crippen molar-refractivity contribution >= 4 is 0 Å². The Bertz CT molecular complexity index is 355. The van der Waals surface area contributed by atoms with Crippen molar-refractivity contribution in [1.82, 2.24) is 0 Å². The lowest BCUT2D eigenvalue weighted by molar-refractivity contribution is -0.290. The van der Waals surface area contributed by atoms with Crippen LogP contribution in [-0.4, -0.2) is 35.8 Å². The molecule has 0 aromatic heterocycles. The summed E-state index contributed by atoms with van der Waals surface area (Å²) in [5, 5.41) is 10.3. The Labute approximate surface area is 128 Å². The molecule has 8 atom stereocenters. The lowest BCUT2D eigenvalue weighted by Gasteiger charge is -2.45. The Morgan fingerprint density at radius 3 is 2.33 bits per heavy atom. The van der Waals surface area contributed by atoms with Crippen LogP contribution in [0.1, 0.15) is 47.5 Å². The number of rotatable bonds is 4. The zero-order valence-electron chi connectivity index (χ0n) is 13.9. The molecular weight excluding hydrogens is 268 g/mol. The Balaban J connectivity index is 2.08. The summed E-state index contributed by atoms with van der Waals surface area (Å²) in [6, 6.07) is 0. The molecule has 0 radical (unpaired) electrons. The van der Waals surface area contributed by atoms with E-state index >= 15 is 0 Å². The third kappa shape index (κ3) is 3.43. The fourth-order valence-corrected chi connectivity index (χ4v) is 3.26. The Morgan fingerprint density at radius 2 is 1.71 bits per heavy atom. The van der Waals surface area contributed by atoms with Gasteiger partial charge in [-0.1, -0.05) is 34.6 Å². The predicted octanol–water partition coefficient (Wildman–Crippen LogP) is 3.10. The van der Waals surface area contributed by atoms with Gasteiger partial charge < -0.3 is 19.3 Å². The third-order valence-corrected chi connectivity index (χ3v) is 5.10. The van der Waals surface area contributed by atoms with Crippen LogP contribution >= 0.6 is 0 Å². The van der Waals surface area contributed by atoms with Gasteiger partial charge >= 0.3 is 0 Å². The molecule has 1 fully saturated rings. The molecule has 0 saturated carbocycles. The smallest absolute Gasteiger partial charge is 0.161 e. The molecule has 2 rings (SSSR count). The summed E-state index contributed by atoms with van der Waals surface area (Å²) in [6.07, 6.45) is 4.79. The van der Waals surface area contributed by atoms with Gasteiger partial charge in [-0.15, -0.1) is 0 Å². The zero-order chi connectivity index (χ0) is 15.6. The number of hydrogen-bond acceptors (Lipinski definition) is 4. The van der Waals surface area contributed by atoms with E-state index in [2.05, 4.69) is 27.7 Å². The van der Waals surface area contributed by atoms with Crippen LogP contribution in [-0.2, 0) is 14.2 Å². The largest absolute Gasteiger partial charge is 0.496 e.